The fraction of sp³-hybridized carbons (Fsp3) is 0.390. The van der Waals surface area contributed by atoms with Crippen molar-refractivity contribution in [1.82, 2.24) is 0 Å². The second-order valence-corrected chi connectivity index (χ2v) is 27.2. The molecule has 7 N–H and O–H groups in total. The van der Waals surface area contributed by atoms with Gasteiger partial charge in [-0.2, -0.15) is 0 Å². The first-order valence-electron chi connectivity index (χ1n) is 38.5. The number of nitrogens with zero attached hydrogens (tertiary/aromatic N) is 5. The van der Waals surface area contributed by atoms with Crippen LogP contribution in [0.1, 0.15) is 49.1 Å². The molecule has 13 aliphatic rings. The van der Waals surface area contributed by atoms with E-state index in [0.29, 0.717) is 28.4 Å². The molecule has 22 atom stereocenters. The molecule has 19 rings (SSSR count). The van der Waals surface area contributed by atoms with E-state index in [1.54, 1.807) is 139 Å². The van der Waals surface area contributed by atoms with Gasteiger partial charge >= 0.3 is 11.9 Å². The van der Waals surface area contributed by atoms with Gasteiger partial charge in [0.1, 0.15) is 24.4 Å². The number of hydrogen-bond acceptors (Lipinski definition) is 23. The summed E-state index contributed by atoms with van der Waals surface area (Å²) in [5, 5.41) is 45.2. The smallest absolute Gasteiger partial charge is 0.306 e. The van der Waals surface area contributed by atoms with Gasteiger partial charge in [-0.15, -0.1) is 0 Å². The highest BCUT2D eigenvalue weighted by Crippen LogP contribution is 2.53. The molecule has 14 heterocycles. The molecule has 30 nitrogen and oxygen atoms in total. The summed E-state index contributed by atoms with van der Waals surface area (Å²) in [6.45, 7) is 10.5. The first-order chi connectivity index (χ1) is 55.8. The summed E-state index contributed by atoms with van der Waals surface area (Å²) >= 11 is 0. The largest absolute Gasteiger partial charge is 0.481 e. The van der Waals surface area contributed by atoms with Gasteiger partial charge in [0.05, 0.1) is 170 Å². The molecule has 30 heteroatoms. The maximum Gasteiger partial charge on any atom is 0.306 e. The SMILES string of the molecule is CC[NH+](CC)CC.O=C1C2C3C=CC(O3)C2C(=O)N1c1ccccc1.O=C1C2C3OC(C(O)C3O)C2C(=O)N1c1ccccc1.O=C1C=CC(=O)N1c1ccccc1.[2H]C1C(O)C2OC1C1C(=O)N(c3ccccc3)C(=O)C21.[2H]C1C(OC(=O)CCC(=O)O)C2OC1C1C(=O)N(c3ccccc3)C(=O)C21.[3H]OC.[3H]OC.c1ccoc1. The van der Waals surface area contributed by atoms with Gasteiger partial charge in [0.15, 0.2) is 0 Å². The number of furan rings is 1. The van der Waals surface area contributed by atoms with E-state index in [-0.39, 0.29) is 84.1 Å². The van der Waals surface area contributed by atoms with Crippen molar-refractivity contribution in [2.75, 3.05) is 58.4 Å². The summed E-state index contributed by atoms with van der Waals surface area (Å²) < 4.78 is 59.5. The van der Waals surface area contributed by atoms with Crippen LogP contribution in [0.3, 0.4) is 0 Å². The number of carboxylic acid groups (broad SMARTS) is 1. The topological polar surface area (TPSA) is 406 Å². The molecule has 590 valence electrons. The maximum atomic E-state index is 12.9. The lowest BCUT2D eigenvalue weighted by atomic mass is 9.78. The molecule has 1 aromatic heterocycles. The van der Waals surface area contributed by atoms with E-state index in [9.17, 15) is 72.9 Å². The molecule has 11 fully saturated rings. The van der Waals surface area contributed by atoms with Gasteiger partial charge in [-0.05, 0) is 93.6 Å². The van der Waals surface area contributed by atoms with Crippen molar-refractivity contribution in [1.29, 1.82) is 2.86 Å². The van der Waals surface area contributed by atoms with Gasteiger partial charge in [-0.1, -0.05) is 103 Å². The van der Waals surface area contributed by atoms with Crippen LogP contribution in [0.25, 0.3) is 0 Å². The quantitative estimate of drug-likeness (QED) is 0.0526. The highest BCUT2D eigenvalue weighted by Gasteiger charge is 2.70. The van der Waals surface area contributed by atoms with Crippen molar-refractivity contribution in [3.63, 3.8) is 0 Å². The molecule has 10 amide bonds. The van der Waals surface area contributed by atoms with E-state index in [1.165, 1.54) is 55.8 Å². The number of esters is 1. The zero-order chi connectivity index (χ0) is 83.5. The van der Waals surface area contributed by atoms with Crippen LogP contribution in [-0.4, -0.2) is 212 Å². The second-order valence-electron chi connectivity index (χ2n) is 27.2. The van der Waals surface area contributed by atoms with Crippen LogP contribution in [0, 0.1) is 47.3 Å². The zero-order valence-electron chi connectivity index (χ0n) is 65.5. The predicted molar refractivity (Wildman–Crippen MR) is 397 cm³/mol. The fourth-order valence-electron chi connectivity index (χ4n) is 16.1. The normalized spacial score (nSPS) is 32.4. The Labute approximate surface area is 649 Å². The monoisotopic (exact) mass is 1550 g/mol. The van der Waals surface area contributed by atoms with Gasteiger partial charge in [0.25, 0.3) is 11.8 Å². The molecule has 0 saturated carbocycles. The first-order valence-corrected chi connectivity index (χ1v) is 36.6. The number of aliphatic hydroxyl groups excluding tert-OH is 5. The lowest BCUT2D eigenvalue weighted by Crippen LogP contribution is -3.11. The number of ether oxygens (including phenoxy) is 5. The molecule has 5 aromatic carbocycles. The van der Waals surface area contributed by atoms with Crippen LogP contribution < -0.4 is 29.4 Å². The van der Waals surface area contributed by atoms with Gasteiger partial charge in [-0.3, -0.25) is 57.5 Å². The third kappa shape index (κ3) is 16.1. The van der Waals surface area contributed by atoms with Gasteiger partial charge in [-0.25, -0.2) is 24.5 Å². The number of aliphatic hydroxyl groups is 5. The summed E-state index contributed by atoms with van der Waals surface area (Å²) in [6.07, 6.45) is -2.28. The average molecular weight is 1550 g/mol. The van der Waals surface area contributed by atoms with Crippen molar-refractivity contribution in [3.8, 4) is 0 Å². The highest BCUT2D eigenvalue weighted by atomic mass is 16.6. The lowest BCUT2D eigenvalue weighted by molar-refractivity contribution is -0.894. The van der Waals surface area contributed by atoms with E-state index < -0.39 is 133 Å². The summed E-state index contributed by atoms with van der Waals surface area (Å²) in [4.78, 5) is 153. The number of para-hydroxylation sites is 5. The van der Waals surface area contributed by atoms with Crippen molar-refractivity contribution < 1.29 is 124 Å². The molecule has 22 unspecified atom stereocenters. The molecule has 0 aliphatic carbocycles. The number of rotatable bonds is 12. The van der Waals surface area contributed by atoms with Crippen LogP contribution in [0.4, 0.5) is 28.4 Å². The minimum absolute atomic E-state index is 0.131. The molecular formula is C82H89N6O24+. The van der Waals surface area contributed by atoms with E-state index in [4.69, 9.17) is 34.4 Å². The van der Waals surface area contributed by atoms with Gasteiger partial charge in [0.2, 0.25) is 50.1 Å². The first kappa shape index (κ1) is 76.5. The summed E-state index contributed by atoms with van der Waals surface area (Å²) in [6, 6.07) is 47.5. The van der Waals surface area contributed by atoms with Crippen molar-refractivity contribution >= 4 is 99.4 Å². The number of carboxylic acids is 1. The summed E-state index contributed by atoms with van der Waals surface area (Å²) in [7, 11) is 2.58. The minimum Gasteiger partial charge on any atom is -0.481 e. The predicted octanol–water partition coefficient (Wildman–Crippen LogP) is 3.03. The molecular weight excluding hydrogens is 1450 g/mol. The Hall–Kier alpha value is -10.9. The Morgan fingerprint density at radius 3 is 1.10 bits per heavy atom. The third-order valence-corrected chi connectivity index (χ3v) is 21.2. The molecule has 6 aromatic rings. The lowest BCUT2D eigenvalue weighted by Gasteiger charge is -2.25. The standard InChI is InChI=1S/C18H17NO7.C14H13NO5.C14H13NO4.C14H11NO3.C10H7NO2.C6H15N.C4H4O.2CH4O/c20-12(21)6-7-13(22)25-11-8-10-14-15(16(11)26-10)18(24)19(17(14)23)9-4-2-1-3-5-9;16-9-10(17)12-8-7(11(9)20-12)13(18)15(14(8)19)6-4-2-1-3-5-6;16-8-6-9-10-11(12(8)19-9)14(18)15(13(10)17)7-4-2-1-3-5-7;16-13-11-9-6-7-10(18-9)12(11)14(17)15(13)8-4-2-1-3-5-8;12-9-6-7-10(13)11(9)8-4-2-1-3-5-8;1-4-7(5-2)6-3;1-2-4-5-3-1;2*1-2/h1-5,10-11,14-16H,6-8H2,(H,20,21);1-5,7-12,16-17H;1-5,8-12,16H,6H2;1-7,9-12H;1-7H;4-6H2,1-3H3;1-4H;2*2H,1H3/p+1/i8D;;6D;;;;;2*2T. The molecule has 8 bridgehead atoms. The number of aliphatic carboxylic acids is 1. The van der Waals surface area contributed by atoms with Crippen molar-refractivity contribution in [2.45, 2.75) is 120 Å². The molecule has 0 spiro atoms. The number of quaternary nitrogens is 1. The zero-order valence-corrected chi connectivity index (χ0v) is 61.5. The van der Waals surface area contributed by atoms with Gasteiger partial charge < -0.3 is 63.6 Å². The maximum absolute atomic E-state index is 12.9. The average Bonchev–Trinajstić information content (AvgIpc) is 1.56. The number of hydrogen-bond donors (Lipinski definition) is 7. The van der Waals surface area contributed by atoms with Gasteiger partial charge in [0, 0.05) is 41.9 Å². The van der Waals surface area contributed by atoms with Crippen molar-refractivity contribution in [2.24, 2.45) is 47.3 Å². The molecule has 11 saturated heterocycles. The Morgan fingerprint density at radius 1 is 0.438 bits per heavy atom. The summed E-state index contributed by atoms with van der Waals surface area (Å²) in [5.41, 5.74) is 2.77. The number of fused-ring (bicyclic) bond motifs is 20. The van der Waals surface area contributed by atoms with E-state index in [2.05, 4.69) is 35.4 Å². The molecule has 112 heavy (non-hydrogen) atoms. The Bertz CT molecular complexity index is 4320. The number of benzene rings is 5. The van der Waals surface area contributed by atoms with Crippen molar-refractivity contribution in [3.05, 3.63) is 201 Å². The number of imide groups is 5. The van der Waals surface area contributed by atoms with E-state index >= 15 is 0 Å². The number of carbonyl (C=O) groups excluding carboxylic acids is 11. The third-order valence-electron chi connectivity index (χ3n) is 21.2. The van der Waals surface area contributed by atoms with Crippen LogP contribution >= 0.6 is 0 Å². The number of nitrogens with one attached hydrogen (secondary N) is 1. The van der Waals surface area contributed by atoms with Crippen LogP contribution in [-0.2, 0) is 81.2 Å². The number of carbonyl (C=O) groups is 12. The number of amides is 10. The van der Waals surface area contributed by atoms with Crippen LogP contribution in [0.15, 0.2) is 205 Å². The molecule has 13 aliphatic heterocycles. The van der Waals surface area contributed by atoms with Crippen LogP contribution in [0.5, 0.6) is 0 Å². The Balaban J connectivity index is 0.000000137. The molecule has 0 radical (unpaired) electrons. The Kier molecular flexibility index (Phi) is 24.9. The minimum atomic E-state index is -1.13. The highest BCUT2D eigenvalue weighted by molar-refractivity contribution is 6.28. The van der Waals surface area contributed by atoms with E-state index in [1.807, 2.05) is 54.6 Å². The summed E-state index contributed by atoms with van der Waals surface area (Å²) in [5.74, 6) is -9.78. The van der Waals surface area contributed by atoms with Crippen LogP contribution in [0.2, 0.25) is 0 Å². The second kappa shape index (κ2) is 36.5. The fourth-order valence-corrected chi connectivity index (χ4v) is 16.1. The van der Waals surface area contributed by atoms with E-state index in [0.717, 1.165) is 14.7 Å². The number of anilines is 5. The Morgan fingerprint density at radius 2 is 0.759 bits per heavy atom.